The van der Waals surface area contributed by atoms with Gasteiger partial charge in [-0.3, -0.25) is 34.1 Å². The molecule has 7 amide bonds. The summed E-state index contributed by atoms with van der Waals surface area (Å²) < 4.78 is 5.53. The van der Waals surface area contributed by atoms with Crippen molar-refractivity contribution in [2.24, 2.45) is 28.9 Å². The molecule has 19 nitrogen and oxygen atoms in total. The van der Waals surface area contributed by atoms with Crippen LogP contribution in [0.4, 0.5) is 21.0 Å². The number of carbonyl (C=O) groups excluding carboxylic acids is 8. The number of fused-ring (bicyclic) bond motifs is 2. The second-order valence-electron chi connectivity index (χ2n) is 24.3. The number of amides is 7. The molecule has 0 aliphatic carbocycles. The van der Waals surface area contributed by atoms with Crippen LogP contribution in [-0.2, 0) is 63.3 Å². The largest absolute Gasteiger partial charge is 0.478 e. The number of nitrogens with two attached hydrogens (primary N) is 1. The monoisotopic (exact) mass is 1180 g/mol. The molecule has 19 heteroatoms. The molecule has 8 N–H and O–H groups in total. The fraction of sp³-hybridized carbons (Fsp3) is 0.448. The van der Waals surface area contributed by atoms with E-state index in [-0.39, 0.29) is 92.6 Å². The number of hydrogen-bond donors (Lipinski definition) is 7. The Kier molecular flexibility index (Phi) is 24.5. The lowest BCUT2D eigenvalue weighted by molar-refractivity contribution is -0.141. The van der Waals surface area contributed by atoms with Crippen molar-refractivity contribution in [3.8, 4) is 11.8 Å². The van der Waals surface area contributed by atoms with E-state index in [1.54, 1.807) is 73.6 Å². The molecular weight excluding hydrogens is 1090 g/mol. The Bertz CT molecular complexity index is 3190. The summed E-state index contributed by atoms with van der Waals surface area (Å²) in [6.45, 7) is 18.6. The summed E-state index contributed by atoms with van der Waals surface area (Å²) in [5, 5.41) is 23.8. The highest BCUT2D eigenvalue weighted by molar-refractivity contribution is 5.98. The Labute approximate surface area is 506 Å². The van der Waals surface area contributed by atoms with Crippen molar-refractivity contribution in [2.45, 2.75) is 150 Å². The lowest BCUT2D eigenvalue weighted by Gasteiger charge is -2.40. The van der Waals surface area contributed by atoms with Crippen molar-refractivity contribution < 1.29 is 53.0 Å². The zero-order valence-corrected chi connectivity index (χ0v) is 51.7. The molecule has 0 saturated heterocycles. The van der Waals surface area contributed by atoms with Crippen molar-refractivity contribution in [3.05, 3.63) is 142 Å². The van der Waals surface area contributed by atoms with Crippen molar-refractivity contribution >= 4 is 64.7 Å². The van der Waals surface area contributed by atoms with Crippen molar-refractivity contribution in [3.63, 3.8) is 0 Å². The highest BCUT2D eigenvalue weighted by Gasteiger charge is 2.42. The average Bonchev–Trinajstić information content (AvgIpc) is 1.31. The van der Waals surface area contributed by atoms with E-state index in [1.807, 2.05) is 111 Å². The molecule has 0 spiro atoms. The maximum atomic E-state index is 14.1. The standard InChI is InChI=1S/C67H86N8O11/c1-41(2)52(38-51(76)33-34-57(78)75-39-48-20-14-13-18-46(48)27-28-47-19-15-16-22-54(47)75)60(79)72-53(21-17-35-70-64(68)84)56(77)37-44-23-25-45(26-24-44)40-86-65(85)71-50-31-29-49(30-32-50)67(9,10)58(69-11)61(80)73-59(66(6,7)8)62(81)74(12)55(42(3)4)36-43(5)63(82)83/h13-16,18-20,22-26,29-32,36,41-42,52-53,55,58-59,69H,17,21,33-35,37-40H2,1-12H3,(H,71,85)(H,72,79)(H,73,80)(H,82,83)(H3,68,70,84)/b43-36+/t52-,53-,55+,58+,59+/m0/s1. The molecule has 0 fully saturated rings. The van der Waals surface area contributed by atoms with Gasteiger partial charge in [0.15, 0.2) is 5.78 Å². The van der Waals surface area contributed by atoms with Crippen molar-refractivity contribution in [2.75, 3.05) is 30.9 Å². The van der Waals surface area contributed by atoms with E-state index < -0.39 is 70.8 Å². The van der Waals surface area contributed by atoms with Crippen LogP contribution in [0.3, 0.4) is 0 Å². The summed E-state index contributed by atoms with van der Waals surface area (Å²) in [5.41, 5.74) is 9.35. The first kappa shape index (κ1) is 68.2. The van der Waals surface area contributed by atoms with E-state index in [9.17, 15) is 48.3 Å². The Morgan fingerprint density at radius 1 is 0.767 bits per heavy atom. The van der Waals surface area contributed by atoms with Crippen LogP contribution in [-0.4, -0.2) is 108 Å². The number of carboxylic acid groups (broad SMARTS) is 1. The van der Waals surface area contributed by atoms with Crippen LogP contribution in [0.2, 0.25) is 0 Å². The number of ketones is 2. The van der Waals surface area contributed by atoms with Crippen LogP contribution >= 0.6 is 0 Å². The number of likely N-dealkylation sites (N-methyl/N-ethyl adjacent to an activating group) is 2. The van der Waals surface area contributed by atoms with Crippen LogP contribution in [0.15, 0.2) is 109 Å². The predicted octanol–water partition coefficient (Wildman–Crippen LogP) is 8.35. The minimum Gasteiger partial charge on any atom is -0.478 e. The third-order valence-corrected chi connectivity index (χ3v) is 15.6. The number of primary amides is 1. The van der Waals surface area contributed by atoms with Crippen LogP contribution in [0, 0.1) is 35.0 Å². The van der Waals surface area contributed by atoms with E-state index in [0.29, 0.717) is 34.5 Å². The van der Waals surface area contributed by atoms with E-state index in [1.165, 1.54) is 11.8 Å². The normalized spacial score (nSPS) is 14.0. The number of nitrogens with one attached hydrogen (secondary N) is 5. The van der Waals surface area contributed by atoms with Gasteiger partial charge in [-0.25, -0.2) is 14.4 Å². The Balaban J connectivity index is 1.16. The predicted molar refractivity (Wildman–Crippen MR) is 331 cm³/mol. The third kappa shape index (κ3) is 19.2. The van der Waals surface area contributed by atoms with Gasteiger partial charge < -0.3 is 46.6 Å². The van der Waals surface area contributed by atoms with Crippen LogP contribution in [0.25, 0.3) is 0 Å². The molecule has 5 rings (SSSR count). The first-order valence-electron chi connectivity index (χ1n) is 29.2. The second kappa shape index (κ2) is 31.0. The first-order valence-corrected chi connectivity index (χ1v) is 29.2. The minimum absolute atomic E-state index is 0.0612. The van der Waals surface area contributed by atoms with Crippen LogP contribution in [0.5, 0.6) is 0 Å². The third-order valence-electron chi connectivity index (χ3n) is 15.6. The van der Waals surface area contributed by atoms with Crippen molar-refractivity contribution in [1.82, 2.24) is 26.2 Å². The summed E-state index contributed by atoms with van der Waals surface area (Å²) in [6, 6.07) is 24.8. The maximum Gasteiger partial charge on any atom is 0.411 e. The van der Waals surface area contributed by atoms with Gasteiger partial charge >= 0.3 is 18.1 Å². The summed E-state index contributed by atoms with van der Waals surface area (Å²) in [4.78, 5) is 123. The van der Waals surface area contributed by atoms with Crippen molar-refractivity contribution in [1.29, 1.82) is 0 Å². The first-order chi connectivity index (χ1) is 40.5. The van der Waals surface area contributed by atoms with E-state index >= 15 is 0 Å². The fourth-order valence-corrected chi connectivity index (χ4v) is 10.3. The van der Waals surface area contributed by atoms with E-state index in [0.717, 1.165) is 16.7 Å². The molecule has 4 aromatic rings. The zero-order valence-electron chi connectivity index (χ0n) is 51.7. The van der Waals surface area contributed by atoms with Gasteiger partial charge in [-0.15, -0.1) is 0 Å². The molecule has 1 heterocycles. The summed E-state index contributed by atoms with van der Waals surface area (Å²) in [6.07, 6.45) is 0.954. The topological polar surface area (TPSA) is 276 Å². The Morgan fingerprint density at radius 2 is 1.38 bits per heavy atom. The molecule has 0 bridgehead atoms. The molecule has 1 aliphatic rings. The van der Waals surface area contributed by atoms with Gasteiger partial charge in [-0.05, 0) is 96.6 Å². The van der Waals surface area contributed by atoms with Gasteiger partial charge in [-0.1, -0.05) is 147 Å². The summed E-state index contributed by atoms with van der Waals surface area (Å²) in [7, 11) is 3.27. The lowest BCUT2D eigenvalue weighted by atomic mass is 9.76. The van der Waals surface area contributed by atoms with Gasteiger partial charge in [0.25, 0.3) is 0 Å². The molecular formula is C67H86N8O11. The van der Waals surface area contributed by atoms with Gasteiger partial charge in [0.1, 0.15) is 18.4 Å². The highest BCUT2D eigenvalue weighted by Crippen LogP contribution is 2.31. The maximum absolute atomic E-state index is 14.1. The number of aliphatic carboxylic acids is 1. The van der Waals surface area contributed by atoms with Gasteiger partial charge in [-0.2, -0.15) is 0 Å². The fourth-order valence-electron chi connectivity index (χ4n) is 10.3. The minimum atomic E-state index is -1.08. The number of ether oxygens (including phenoxy) is 1. The van der Waals surface area contributed by atoms with E-state index in [4.69, 9.17) is 10.5 Å². The number of rotatable bonds is 28. The SMILES string of the molecule is CN[C@H](C(=O)N[C@H](C(=O)N(C)[C@H](/C=C(\C)C(=O)O)C(C)C)C(C)(C)C)C(C)(C)c1ccc(NC(=O)OCc2ccc(CC(=O)[C@H](CCCNC(N)=O)NC(=O)[C@@H](CC(=O)CCC(=O)N3Cc4ccccc4C#Cc4ccccc43)C(C)C)cc2)cc1. The zero-order chi connectivity index (χ0) is 63.6. The number of hydrogen-bond acceptors (Lipinski definition) is 11. The molecule has 0 radical (unpaired) electrons. The highest BCUT2D eigenvalue weighted by atomic mass is 16.5. The number of carbonyl (C=O) groups is 9. The number of para-hydroxylation sites is 1. The van der Waals surface area contributed by atoms with Crippen LogP contribution < -0.4 is 37.2 Å². The molecule has 0 aromatic heterocycles. The Morgan fingerprint density at radius 3 is 1.99 bits per heavy atom. The molecule has 0 saturated carbocycles. The number of benzene rings is 4. The number of urea groups is 1. The lowest BCUT2D eigenvalue weighted by Crippen LogP contribution is -2.61. The average molecular weight is 1180 g/mol. The number of carboxylic acids is 1. The summed E-state index contributed by atoms with van der Waals surface area (Å²) in [5.74, 6) is 2.02. The molecule has 86 heavy (non-hydrogen) atoms. The van der Waals surface area contributed by atoms with Gasteiger partial charge in [0, 0.05) is 73.0 Å². The molecule has 460 valence electrons. The molecule has 5 atom stereocenters. The Hall–Kier alpha value is -8.63. The van der Waals surface area contributed by atoms with Crippen LogP contribution in [0.1, 0.15) is 135 Å². The smallest absolute Gasteiger partial charge is 0.411 e. The molecule has 0 unspecified atom stereocenters. The number of anilines is 2. The summed E-state index contributed by atoms with van der Waals surface area (Å²) >= 11 is 0. The molecule has 1 aliphatic heterocycles. The van der Waals surface area contributed by atoms with Gasteiger partial charge in [0.2, 0.25) is 23.6 Å². The molecule has 4 aromatic carbocycles. The number of nitrogens with zero attached hydrogens (tertiary/aromatic N) is 2. The van der Waals surface area contributed by atoms with E-state index in [2.05, 4.69) is 38.4 Å². The second-order valence-corrected chi connectivity index (χ2v) is 24.3. The number of Topliss-reactive ketones (excluding diaryl/α,β-unsaturated/α-hetero) is 2. The quantitative estimate of drug-likeness (QED) is 0.0161. The van der Waals surface area contributed by atoms with Gasteiger partial charge in [0.05, 0.1) is 30.4 Å².